The number of ether oxygens (including phenoxy) is 1. The first-order chi connectivity index (χ1) is 18.1. The second kappa shape index (κ2) is 12.4. The second-order valence-electron chi connectivity index (χ2n) is 10.7. The van der Waals surface area contributed by atoms with Crippen molar-refractivity contribution in [3.8, 4) is 5.75 Å². The molecule has 7 nitrogen and oxygen atoms in total. The van der Waals surface area contributed by atoms with Crippen LogP contribution in [0.25, 0.3) is 0 Å². The average molecular weight is 525 g/mol. The predicted octanol–water partition coefficient (Wildman–Crippen LogP) is 3.85. The third-order valence-electron chi connectivity index (χ3n) is 8.24. The molecule has 0 bridgehead atoms. The summed E-state index contributed by atoms with van der Waals surface area (Å²) in [5.74, 6) is 1.36. The Labute approximate surface area is 224 Å². The van der Waals surface area contributed by atoms with Crippen molar-refractivity contribution in [2.24, 2.45) is 5.92 Å². The molecule has 3 heterocycles. The lowest BCUT2D eigenvalue weighted by molar-refractivity contribution is -0.135. The van der Waals surface area contributed by atoms with Gasteiger partial charge in [-0.1, -0.05) is 31.4 Å². The molecule has 200 valence electrons. The number of hydrogen-bond acceptors (Lipinski definition) is 6. The second-order valence-corrected chi connectivity index (χ2v) is 11.7. The van der Waals surface area contributed by atoms with Gasteiger partial charge in [-0.2, -0.15) is 0 Å². The summed E-state index contributed by atoms with van der Waals surface area (Å²) in [5, 5.41) is 5.47. The fourth-order valence-corrected chi connectivity index (χ4v) is 6.93. The van der Waals surface area contributed by atoms with Crippen LogP contribution in [0, 0.1) is 5.92 Å². The smallest absolute Gasteiger partial charge is 0.254 e. The summed E-state index contributed by atoms with van der Waals surface area (Å²) in [7, 11) is 1.61. The molecule has 3 aliphatic rings. The molecule has 0 spiro atoms. The number of hydrogen-bond donors (Lipinski definition) is 1. The molecule has 37 heavy (non-hydrogen) atoms. The molecular weight excluding hydrogens is 484 g/mol. The highest BCUT2D eigenvalue weighted by molar-refractivity contribution is 7.09. The maximum atomic E-state index is 13.9. The normalized spacial score (nSPS) is 23.0. The van der Waals surface area contributed by atoms with Crippen LogP contribution in [0.5, 0.6) is 5.75 Å². The molecular formula is C29H40N4O3S. The molecule has 1 aromatic heterocycles. The standard InChI is InChI=1S/C29H40N4O3S/c1-36-25-10-5-9-23(17-25)28(34)33-20-24(18-27(33)29(35)31-14-12-30-13-15-31)32(21-26-11-6-16-37-26)19-22-7-3-2-4-8-22/h5-6,9-11,16-17,22,24,27,30H,2-4,7-8,12-15,18-21H2,1H3. The Morgan fingerprint density at radius 3 is 2.65 bits per heavy atom. The van der Waals surface area contributed by atoms with Gasteiger partial charge in [0.2, 0.25) is 5.91 Å². The molecule has 2 aliphatic heterocycles. The lowest BCUT2D eigenvalue weighted by Gasteiger charge is -2.33. The molecule has 2 atom stereocenters. The summed E-state index contributed by atoms with van der Waals surface area (Å²) in [4.78, 5) is 35.4. The molecule has 2 saturated heterocycles. The van der Waals surface area contributed by atoms with Crippen LogP contribution in [0.4, 0.5) is 0 Å². The van der Waals surface area contributed by atoms with Gasteiger partial charge in [-0.25, -0.2) is 0 Å². The number of piperazine rings is 1. The monoisotopic (exact) mass is 524 g/mol. The fraction of sp³-hybridized carbons (Fsp3) is 0.586. The number of benzene rings is 1. The van der Waals surface area contributed by atoms with Crippen molar-refractivity contribution in [1.82, 2.24) is 20.0 Å². The maximum Gasteiger partial charge on any atom is 0.254 e. The van der Waals surface area contributed by atoms with Crippen LogP contribution < -0.4 is 10.1 Å². The first kappa shape index (κ1) is 26.2. The highest BCUT2D eigenvalue weighted by Crippen LogP contribution is 2.32. The molecule has 8 heteroatoms. The van der Waals surface area contributed by atoms with Crippen LogP contribution in [-0.2, 0) is 11.3 Å². The number of likely N-dealkylation sites (tertiary alicyclic amines) is 1. The van der Waals surface area contributed by atoms with Gasteiger partial charge in [0.05, 0.1) is 7.11 Å². The molecule has 1 saturated carbocycles. The zero-order valence-corrected chi connectivity index (χ0v) is 22.8. The Morgan fingerprint density at radius 2 is 1.92 bits per heavy atom. The number of amides is 2. The summed E-state index contributed by atoms with van der Waals surface area (Å²) in [6.07, 6.45) is 7.22. The summed E-state index contributed by atoms with van der Waals surface area (Å²) in [6, 6.07) is 11.4. The first-order valence-corrected chi connectivity index (χ1v) is 14.7. The van der Waals surface area contributed by atoms with Crippen molar-refractivity contribution >= 4 is 23.2 Å². The first-order valence-electron chi connectivity index (χ1n) is 13.8. The third-order valence-corrected chi connectivity index (χ3v) is 9.10. The molecule has 3 fully saturated rings. The van der Waals surface area contributed by atoms with E-state index in [1.165, 1.54) is 37.0 Å². The van der Waals surface area contributed by atoms with Crippen molar-refractivity contribution in [3.63, 3.8) is 0 Å². The lowest BCUT2D eigenvalue weighted by Crippen LogP contribution is -2.53. The summed E-state index contributed by atoms with van der Waals surface area (Å²) >= 11 is 1.79. The Kier molecular flexibility index (Phi) is 8.79. The van der Waals surface area contributed by atoms with Gasteiger partial charge in [0.1, 0.15) is 11.8 Å². The molecule has 1 aliphatic carbocycles. The molecule has 2 amide bonds. The van der Waals surface area contributed by atoms with Gasteiger partial charge >= 0.3 is 0 Å². The Hall–Kier alpha value is -2.42. The van der Waals surface area contributed by atoms with Crippen LogP contribution in [0.1, 0.15) is 53.8 Å². The van der Waals surface area contributed by atoms with E-state index in [-0.39, 0.29) is 17.9 Å². The maximum absolute atomic E-state index is 13.9. The SMILES string of the molecule is COc1cccc(C(=O)N2CC(N(Cc3cccs3)CC3CCCCC3)CC2C(=O)N2CCNCC2)c1. The van der Waals surface area contributed by atoms with E-state index in [0.29, 0.717) is 43.3 Å². The zero-order chi connectivity index (χ0) is 25.6. The topological polar surface area (TPSA) is 65.1 Å². The van der Waals surface area contributed by atoms with E-state index in [4.69, 9.17) is 4.74 Å². The van der Waals surface area contributed by atoms with Gasteiger partial charge in [-0.15, -0.1) is 11.3 Å². The van der Waals surface area contributed by atoms with Crippen molar-refractivity contribution in [2.75, 3.05) is 46.4 Å². The minimum atomic E-state index is -0.431. The largest absolute Gasteiger partial charge is 0.497 e. The quantitative estimate of drug-likeness (QED) is 0.568. The Balaban J connectivity index is 1.40. The van der Waals surface area contributed by atoms with E-state index in [9.17, 15) is 9.59 Å². The van der Waals surface area contributed by atoms with Crippen molar-refractivity contribution < 1.29 is 14.3 Å². The number of rotatable bonds is 8. The van der Waals surface area contributed by atoms with E-state index in [0.717, 1.165) is 26.2 Å². The number of methoxy groups -OCH3 is 1. The van der Waals surface area contributed by atoms with Crippen LogP contribution in [0.2, 0.25) is 0 Å². The molecule has 2 unspecified atom stereocenters. The Morgan fingerprint density at radius 1 is 1.11 bits per heavy atom. The van der Waals surface area contributed by atoms with E-state index < -0.39 is 6.04 Å². The molecule has 1 aromatic carbocycles. The Bertz CT molecular complexity index is 1030. The van der Waals surface area contributed by atoms with Crippen molar-refractivity contribution in [1.29, 1.82) is 0 Å². The van der Waals surface area contributed by atoms with E-state index >= 15 is 0 Å². The van der Waals surface area contributed by atoms with Gasteiger partial charge < -0.3 is 19.9 Å². The van der Waals surface area contributed by atoms with E-state index in [2.05, 4.69) is 27.7 Å². The van der Waals surface area contributed by atoms with Crippen LogP contribution in [-0.4, -0.2) is 85.0 Å². The number of carbonyl (C=O) groups is 2. The van der Waals surface area contributed by atoms with Gasteiger partial charge in [-0.3, -0.25) is 14.5 Å². The number of nitrogens with one attached hydrogen (secondary N) is 1. The highest BCUT2D eigenvalue weighted by Gasteiger charge is 2.44. The summed E-state index contributed by atoms with van der Waals surface area (Å²) < 4.78 is 5.38. The van der Waals surface area contributed by atoms with Gasteiger partial charge in [-0.05, 0) is 54.8 Å². The predicted molar refractivity (Wildman–Crippen MR) is 147 cm³/mol. The van der Waals surface area contributed by atoms with Gasteiger partial charge in [0.25, 0.3) is 5.91 Å². The van der Waals surface area contributed by atoms with Crippen LogP contribution in [0.3, 0.4) is 0 Å². The molecule has 5 rings (SSSR count). The highest BCUT2D eigenvalue weighted by atomic mass is 32.1. The minimum absolute atomic E-state index is 0.0800. The van der Waals surface area contributed by atoms with E-state index in [1.54, 1.807) is 24.5 Å². The molecule has 1 N–H and O–H groups in total. The van der Waals surface area contributed by atoms with E-state index in [1.807, 2.05) is 28.0 Å². The van der Waals surface area contributed by atoms with Crippen LogP contribution >= 0.6 is 11.3 Å². The average Bonchev–Trinajstić information content (AvgIpc) is 3.63. The van der Waals surface area contributed by atoms with Crippen molar-refractivity contribution in [2.45, 2.75) is 57.2 Å². The van der Waals surface area contributed by atoms with Gasteiger partial charge in [0.15, 0.2) is 0 Å². The molecule has 0 radical (unpaired) electrons. The number of nitrogens with zero attached hydrogens (tertiary/aromatic N) is 3. The zero-order valence-electron chi connectivity index (χ0n) is 21.9. The molecule has 2 aromatic rings. The fourth-order valence-electron chi connectivity index (χ4n) is 6.20. The number of thiophene rings is 1. The lowest BCUT2D eigenvalue weighted by atomic mass is 9.88. The van der Waals surface area contributed by atoms with Crippen LogP contribution in [0.15, 0.2) is 41.8 Å². The summed E-state index contributed by atoms with van der Waals surface area (Å²) in [5.41, 5.74) is 0.579. The third kappa shape index (κ3) is 6.36. The van der Waals surface area contributed by atoms with Gasteiger partial charge in [0, 0.05) is 62.3 Å². The minimum Gasteiger partial charge on any atom is -0.497 e. The van der Waals surface area contributed by atoms with Crippen molar-refractivity contribution in [3.05, 3.63) is 52.2 Å². The summed E-state index contributed by atoms with van der Waals surface area (Å²) in [6.45, 7) is 5.50. The number of carbonyl (C=O) groups excluding carboxylic acids is 2.